The fourth-order valence-electron chi connectivity index (χ4n) is 3.78. The summed E-state index contributed by atoms with van der Waals surface area (Å²) in [5.74, 6) is 1.60. The fourth-order valence-corrected chi connectivity index (χ4v) is 3.78. The molecule has 0 saturated heterocycles. The van der Waals surface area contributed by atoms with E-state index in [1.54, 1.807) is 14.2 Å². The van der Waals surface area contributed by atoms with Crippen LogP contribution in [-0.4, -0.2) is 14.2 Å². The van der Waals surface area contributed by atoms with Gasteiger partial charge in [-0.3, -0.25) is 0 Å². The van der Waals surface area contributed by atoms with E-state index in [2.05, 4.69) is 46.4 Å². The van der Waals surface area contributed by atoms with Crippen LogP contribution in [0.1, 0.15) is 22.3 Å². The van der Waals surface area contributed by atoms with Crippen molar-refractivity contribution >= 4 is 16.8 Å². The minimum atomic E-state index is 0.573. The van der Waals surface area contributed by atoms with Crippen LogP contribution < -0.4 is 9.47 Å². The zero-order valence-electron chi connectivity index (χ0n) is 18.5. The van der Waals surface area contributed by atoms with Gasteiger partial charge >= 0.3 is 0 Å². The van der Waals surface area contributed by atoms with E-state index >= 15 is 0 Å². The first-order valence-corrected chi connectivity index (χ1v) is 10.5. The van der Waals surface area contributed by atoms with Gasteiger partial charge in [-0.2, -0.15) is 0 Å². The molecule has 4 aromatic rings. The Labute approximate surface area is 193 Å². The lowest BCUT2D eigenvalue weighted by atomic mass is 9.85. The standard InChI is InChI=1S/C28H23N3O2/c1-32-25-16-10-22(11-17-25)28(23-12-18-26(33-2)19-13-23)27(20-6-4-3-5-7-20)21-8-14-24(15-9-21)30-31-29/h3-19H,1-2H3. The van der Waals surface area contributed by atoms with Crippen molar-refractivity contribution in [2.75, 3.05) is 14.2 Å². The third-order valence-corrected chi connectivity index (χ3v) is 5.39. The molecule has 5 nitrogen and oxygen atoms in total. The van der Waals surface area contributed by atoms with Crippen LogP contribution in [0.4, 0.5) is 5.69 Å². The molecule has 4 aromatic carbocycles. The van der Waals surface area contributed by atoms with Gasteiger partial charge in [0.2, 0.25) is 0 Å². The molecule has 0 aliphatic rings. The van der Waals surface area contributed by atoms with E-state index in [-0.39, 0.29) is 0 Å². The lowest BCUT2D eigenvalue weighted by Gasteiger charge is -2.18. The molecule has 0 aliphatic carbocycles. The third-order valence-electron chi connectivity index (χ3n) is 5.39. The summed E-state index contributed by atoms with van der Waals surface area (Å²) in [6, 6.07) is 34.0. The molecule has 0 saturated carbocycles. The van der Waals surface area contributed by atoms with Crippen molar-refractivity contribution < 1.29 is 9.47 Å². The molecular weight excluding hydrogens is 410 g/mol. The molecule has 0 spiro atoms. The maximum atomic E-state index is 8.78. The van der Waals surface area contributed by atoms with Gasteiger partial charge in [-0.05, 0) is 63.2 Å². The Bertz CT molecular complexity index is 1240. The smallest absolute Gasteiger partial charge is 0.118 e. The van der Waals surface area contributed by atoms with Gasteiger partial charge < -0.3 is 9.47 Å². The molecule has 0 radical (unpaired) electrons. The Balaban J connectivity index is 2.03. The third kappa shape index (κ3) is 4.90. The minimum Gasteiger partial charge on any atom is -0.497 e. The van der Waals surface area contributed by atoms with Crippen LogP contribution in [0, 0.1) is 0 Å². The normalized spacial score (nSPS) is 10.1. The molecule has 5 heteroatoms. The van der Waals surface area contributed by atoms with E-state index in [4.69, 9.17) is 15.0 Å². The second-order valence-corrected chi connectivity index (χ2v) is 7.31. The van der Waals surface area contributed by atoms with Gasteiger partial charge in [-0.25, -0.2) is 0 Å². The van der Waals surface area contributed by atoms with Crippen molar-refractivity contribution in [1.82, 2.24) is 0 Å². The Kier molecular flexibility index (Phi) is 6.74. The first-order valence-electron chi connectivity index (χ1n) is 10.5. The molecule has 0 heterocycles. The minimum absolute atomic E-state index is 0.573. The Hall–Kier alpha value is -4.47. The summed E-state index contributed by atoms with van der Waals surface area (Å²) < 4.78 is 10.8. The zero-order chi connectivity index (χ0) is 23.0. The highest BCUT2D eigenvalue weighted by molar-refractivity contribution is 6.04. The Morgan fingerprint density at radius 2 is 0.970 bits per heavy atom. The summed E-state index contributed by atoms with van der Waals surface area (Å²) in [5.41, 5.74) is 15.7. The van der Waals surface area contributed by atoms with Crippen LogP contribution in [0.3, 0.4) is 0 Å². The van der Waals surface area contributed by atoms with Crippen molar-refractivity contribution in [3.05, 3.63) is 136 Å². The number of rotatable bonds is 7. The Morgan fingerprint density at radius 1 is 0.576 bits per heavy atom. The van der Waals surface area contributed by atoms with Crippen molar-refractivity contribution in [2.45, 2.75) is 0 Å². The number of benzene rings is 4. The maximum absolute atomic E-state index is 8.78. The van der Waals surface area contributed by atoms with Crippen molar-refractivity contribution in [3.8, 4) is 11.5 Å². The summed E-state index contributed by atoms with van der Waals surface area (Å²) in [6.45, 7) is 0. The van der Waals surface area contributed by atoms with E-state index in [1.807, 2.05) is 66.7 Å². The van der Waals surface area contributed by atoms with Crippen LogP contribution in [-0.2, 0) is 0 Å². The van der Waals surface area contributed by atoms with Gasteiger partial charge in [0.1, 0.15) is 11.5 Å². The summed E-state index contributed by atoms with van der Waals surface area (Å²) in [4.78, 5) is 2.89. The van der Waals surface area contributed by atoms with E-state index in [0.29, 0.717) is 5.69 Å². The topological polar surface area (TPSA) is 67.2 Å². The van der Waals surface area contributed by atoms with Gasteiger partial charge in [0.05, 0.1) is 14.2 Å². The average molecular weight is 434 g/mol. The second-order valence-electron chi connectivity index (χ2n) is 7.31. The lowest BCUT2D eigenvalue weighted by molar-refractivity contribution is 0.414. The molecule has 0 amide bonds. The number of nitrogens with zero attached hydrogens (tertiary/aromatic N) is 3. The number of methoxy groups -OCH3 is 2. The van der Waals surface area contributed by atoms with Gasteiger partial charge in [-0.15, -0.1) is 0 Å². The predicted molar refractivity (Wildman–Crippen MR) is 133 cm³/mol. The quantitative estimate of drug-likeness (QED) is 0.130. The molecule has 0 unspecified atom stereocenters. The van der Waals surface area contributed by atoms with Gasteiger partial charge in [0, 0.05) is 10.6 Å². The van der Waals surface area contributed by atoms with Gasteiger partial charge in [-0.1, -0.05) is 84.0 Å². The number of ether oxygens (including phenoxy) is 2. The van der Waals surface area contributed by atoms with Crippen LogP contribution in [0.25, 0.3) is 21.6 Å². The van der Waals surface area contributed by atoms with E-state index in [0.717, 1.165) is 44.9 Å². The zero-order valence-corrected chi connectivity index (χ0v) is 18.5. The van der Waals surface area contributed by atoms with Crippen LogP contribution in [0.15, 0.2) is 108 Å². The number of hydrogen-bond donors (Lipinski definition) is 0. The molecule has 0 atom stereocenters. The lowest BCUT2D eigenvalue weighted by Crippen LogP contribution is -1.98. The molecule has 33 heavy (non-hydrogen) atoms. The fraction of sp³-hybridized carbons (Fsp3) is 0.0714. The van der Waals surface area contributed by atoms with Crippen molar-refractivity contribution in [1.29, 1.82) is 0 Å². The molecule has 0 N–H and O–H groups in total. The number of hydrogen-bond acceptors (Lipinski definition) is 3. The van der Waals surface area contributed by atoms with Crippen LogP contribution >= 0.6 is 0 Å². The summed E-state index contributed by atoms with van der Waals surface area (Å²) in [5, 5.41) is 3.72. The highest BCUT2D eigenvalue weighted by Gasteiger charge is 2.16. The summed E-state index contributed by atoms with van der Waals surface area (Å²) in [7, 11) is 3.33. The first-order chi connectivity index (χ1) is 16.2. The molecule has 162 valence electrons. The maximum Gasteiger partial charge on any atom is 0.118 e. The summed E-state index contributed by atoms with van der Waals surface area (Å²) >= 11 is 0. The average Bonchev–Trinajstić information content (AvgIpc) is 2.89. The monoisotopic (exact) mass is 433 g/mol. The van der Waals surface area contributed by atoms with E-state index in [9.17, 15) is 0 Å². The molecule has 0 fully saturated rings. The van der Waals surface area contributed by atoms with E-state index in [1.165, 1.54) is 0 Å². The van der Waals surface area contributed by atoms with Crippen molar-refractivity contribution in [3.63, 3.8) is 0 Å². The Morgan fingerprint density at radius 3 is 1.36 bits per heavy atom. The largest absolute Gasteiger partial charge is 0.497 e. The molecule has 4 rings (SSSR count). The van der Waals surface area contributed by atoms with Crippen LogP contribution in [0.5, 0.6) is 11.5 Å². The number of azide groups is 1. The highest BCUT2D eigenvalue weighted by Crippen LogP contribution is 2.38. The van der Waals surface area contributed by atoms with Gasteiger partial charge in [0.15, 0.2) is 0 Å². The first kappa shape index (κ1) is 21.8. The van der Waals surface area contributed by atoms with E-state index < -0.39 is 0 Å². The predicted octanol–water partition coefficient (Wildman–Crippen LogP) is 7.65. The van der Waals surface area contributed by atoms with Crippen molar-refractivity contribution in [2.24, 2.45) is 5.11 Å². The molecule has 0 aromatic heterocycles. The SMILES string of the molecule is COc1ccc(C(=C(c2ccccc2)c2ccc(N=[N+]=[N-])cc2)c2ccc(OC)cc2)cc1. The molecular formula is C28H23N3O2. The summed E-state index contributed by atoms with van der Waals surface area (Å²) in [6.07, 6.45) is 0. The van der Waals surface area contributed by atoms with Gasteiger partial charge in [0.25, 0.3) is 0 Å². The highest BCUT2D eigenvalue weighted by atomic mass is 16.5. The molecule has 0 aliphatic heterocycles. The van der Waals surface area contributed by atoms with Crippen LogP contribution in [0.2, 0.25) is 0 Å². The second kappa shape index (κ2) is 10.2. The molecule has 0 bridgehead atoms.